The maximum atomic E-state index is 13.1. The lowest BCUT2D eigenvalue weighted by molar-refractivity contribution is -0.140. The van der Waals surface area contributed by atoms with Crippen molar-refractivity contribution in [2.45, 2.75) is 38.5 Å². The molecule has 0 atom stereocenters. The molecule has 6 heteroatoms. The zero-order valence-electron chi connectivity index (χ0n) is 13.1. The normalized spacial score (nSPS) is 21.2. The molecule has 1 saturated carbocycles. The van der Waals surface area contributed by atoms with Crippen LogP contribution in [0.25, 0.3) is 0 Å². The van der Waals surface area contributed by atoms with Crippen molar-refractivity contribution in [1.29, 1.82) is 5.26 Å². The summed E-state index contributed by atoms with van der Waals surface area (Å²) in [6, 6.07) is 4.43. The number of rotatable bonds is 5. The third-order valence-corrected chi connectivity index (χ3v) is 4.29. The summed E-state index contributed by atoms with van der Waals surface area (Å²) in [5.74, 6) is -3.12. The Bertz CT molecular complexity index is 659. The third kappa shape index (κ3) is 5.12. The molecule has 24 heavy (non-hydrogen) atoms. The van der Waals surface area contributed by atoms with Gasteiger partial charge in [0.15, 0.2) is 17.5 Å². The number of hydrogen-bond donors (Lipinski definition) is 0. The molecule has 0 heterocycles. The van der Waals surface area contributed by atoms with Gasteiger partial charge in [-0.05, 0) is 62.7 Å². The van der Waals surface area contributed by atoms with Gasteiger partial charge in [0.1, 0.15) is 11.8 Å². The lowest BCUT2D eigenvalue weighted by Gasteiger charge is -2.26. The van der Waals surface area contributed by atoms with Gasteiger partial charge in [0.25, 0.3) is 0 Å². The van der Waals surface area contributed by atoms with E-state index in [-0.39, 0.29) is 11.7 Å². The Hall–Kier alpha value is -2.29. The minimum absolute atomic E-state index is 0.00172. The first-order valence-electron chi connectivity index (χ1n) is 7.92. The number of carbonyl (C=O) groups excluding carboxylic acids is 1. The number of carbonyl (C=O) groups is 1. The second-order valence-corrected chi connectivity index (χ2v) is 5.96. The summed E-state index contributed by atoms with van der Waals surface area (Å²) in [5.41, 5.74) is 0. The summed E-state index contributed by atoms with van der Waals surface area (Å²) in [6.07, 6.45) is 5.51. The smallest absolute Gasteiger partial charge is 0.314 e. The molecule has 1 aliphatic rings. The molecule has 0 spiro atoms. The van der Waals surface area contributed by atoms with Gasteiger partial charge in [-0.1, -0.05) is 0 Å². The topological polar surface area (TPSA) is 50.1 Å². The summed E-state index contributed by atoms with van der Waals surface area (Å²) in [5, 5.41) is 8.33. The van der Waals surface area contributed by atoms with Crippen LogP contribution >= 0.6 is 0 Å². The van der Waals surface area contributed by atoms with E-state index in [1.165, 1.54) is 18.2 Å². The first-order chi connectivity index (χ1) is 11.5. The lowest BCUT2D eigenvalue weighted by Crippen LogP contribution is -2.25. The average molecular weight is 337 g/mol. The third-order valence-electron chi connectivity index (χ3n) is 4.29. The molecule has 128 valence electrons. The van der Waals surface area contributed by atoms with Crippen molar-refractivity contribution in [3.05, 3.63) is 41.7 Å². The molecule has 1 aromatic carbocycles. The van der Waals surface area contributed by atoms with E-state index in [4.69, 9.17) is 10.00 Å². The van der Waals surface area contributed by atoms with Gasteiger partial charge in [0.2, 0.25) is 0 Å². The Kier molecular flexibility index (Phi) is 6.42. The average Bonchev–Trinajstić information content (AvgIpc) is 2.58. The standard InChI is InChI=1S/C18H18F3NO2/c19-14(11-22)3-1-2-12-4-6-13(7-5-12)18(23)24-15-8-9-16(20)17(21)10-15/h3,8-10,12-13H,1-2,4-7H2/t12-,13-. The quantitative estimate of drug-likeness (QED) is 0.439. The Morgan fingerprint density at radius 1 is 1.25 bits per heavy atom. The van der Waals surface area contributed by atoms with Crippen LogP contribution in [0.1, 0.15) is 38.5 Å². The molecular formula is C18H18F3NO2. The Labute approximate surface area is 138 Å². The van der Waals surface area contributed by atoms with Crippen molar-refractivity contribution in [3.63, 3.8) is 0 Å². The predicted molar refractivity (Wildman–Crippen MR) is 81.5 cm³/mol. The van der Waals surface area contributed by atoms with E-state index in [1.807, 2.05) is 0 Å². The molecule has 1 aliphatic carbocycles. The number of nitrogens with zero attached hydrogens (tertiary/aromatic N) is 1. The molecule has 0 amide bonds. The molecule has 0 unspecified atom stereocenters. The lowest BCUT2D eigenvalue weighted by atomic mass is 9.80. The van der Waals surface area contributed by atoms with Gasteiger partial charge >= 0.3 is 5.97 Å². The van der Waals surface area contributed by atoms with Gasteiger partial charge in [0.05, 0.1) is 5.92 Å². The summed E-state index contributed by atoms with van der Waals surface area (Å²) < 4.78 is 43.8. The maximum Gasteiger partial charge on any atom is 0.314 e. The van der Waals surface area contributed by atoms with E-state index < -0.39 is 23.4 Å². The highest BCUT2D eigenvalue weighted by Gasteiger charge is 2.27. The van der Waals surface area contributed by atoms with E-state index in [0.717, 1.165) is 31.4 Å². The molecule has 0 aromatic heterocycles. The Morgan fingerprint density at radius 2 is 1.96 bits per heavy atom. The van der Waals surface area contributed by atoms with Gasteiger partial charge in [-0.25, -0.2) is 8.78 Å². The van der Waals surface area contributed by atoms with E-state index in [9.17, 15) is 18.0 Å². The number of ether oxygens (including phenoxy) is 1. The highest BCUT2D eigenvalue weighted by Crippen LogP contribution is 2.33. The van der Waals surface area contributed by atoms with Crippen LogP contribution in [0.2, 0.25) is 0 Å². The fourth-order valence-corrected chi connectivity index (χ4v) is 2.92. The van der Waals surface area contributed by atoms with Crippen LogP contribution < -0.4 is 4.74 Å². The monoisotopic (exact) mass is 337 g/mol. The molecule has 0 radical (unpaired) electrons. The van der Waals surface area contributed by atoms with Gasteiger partial charge < -0.3 is 4.74 Å². The molecular weight excluding hydrogens is 319 g/mol. The van der Waals surface area contributed by atoms with E-state index in [2.05, 4.69) is 0 Å². The van der Waals surface area contributed by atoms with Crippen LogP contribution in [0.15, 0.2) is 30.1 Å². The minimum Gasteiger partial charge on any atom is -0.426 e. The first-order valence-corrected chi connectivity index (χ1v) is 7.92. The van der Waals surface area contributed by atoms with E-state index >= 15 is 0 Å². The Balaban J connectivity index is 1.78. The fourth-order valence-electron chi connectivity index (χ4n) is 2.92. The zero-order valence-corrected chi connectivity index (χ0v) is 13.1. The van der Waals surface area contributed by atoms with Gasteiger partial charge in [-0.15, -0.1) is 0 Å². The molecule has 1 fully saturated rings. The second-order valence-electron chi connectivity index (χ2n) is 5.96. The number of allylic oxidation sites excluding steroid dienone is 2. The van der Waals surface area contributed by atoms with Crippen molar-refractivity contribution in [3.8, 4) is 11.8 Å². The molecule has 0 saturated heterocycles. The van der Waals surface area contributed by atoms with Crippen LogP contribution in [0.4, 0.5) is 13.2 Å². The van der Waals surface area contributed by atoms with Crippen LogP contribution in [0.3, 0.4) is 0 Å². The first kappa shape index (κ1) is 18.1. The minimum atomic E-state index is -1.05. The van der Waals surface area contributed by atoms with Gasteiger partial charge in [-0.2, -0.15) is 9.65 Å². The largest absolute Gasteiger partial charge is 0.426 e. The van der Waals surface area contributed by atoms with Crippen molar-refractivity contribution in [2.75, 3.05) is 0 Å². The van der Waals surface area contributed by atoms with Crippen LogP contribution in [0, 0.1) is 34.8 Å². The molecule has 2 rings (SSSR count). The van der Waals surface area contributed by atoms with Crippen molar-refractivity contribution in [1.82, 2.24) is 0 Å². The van der Waals surface area contributed by atoms with Gasteiger partial charge in [-0.3, -0.25) is 4.79 Å². The van der Waals surface area contributed by atoms with Crippen LogP contribution in [-0.4, -0.2) is 5.97 Å². The van der Waals surface area contributed by atoms with Crippen molar-refractivity contribution in [2.24, 2.45) is 11.8 Å². The summed E-state index contributed by atoms with van der Waals surface area (Å²) in [4.78, 5) is 12.1. The summed E-state index contributed by atoms with van der Waals surface area (Å²) in [6.45, 7) is 0. The van der Waals surface area contributed by atoms with E-state index in [0.29, 0.717) is 25.2 Å². The number of halogens is 3. The SMILES string of the molecule is N#CC(F)=CCC[C@H]1CC[C@H](C(=O)Oc2ccc(F)c(F)c2)CC1. The second kappa shape index (κ2) is 8.53. The summed E-state index contributed by atoms with van der Waals surface area (Å²) >= 11 is 0. The molecule has 0 N–H and O–H groups in total. The predicted octanol–water partition coefficient (Wildman–Crippen LogP) is 4.83. The van der Waals surface area contributed by atoms with Crippen LogP contribution in [-0.2, 0) is 4.79 Å². The van der Waals surface area contributed by atoms with Crippen molar-refractivity contribution < 1.29 is 22.7 Å². The number of hydrogen-bond acceptors (Lipinski definition) is 3. The van der Waals surface area contributed by atoms with Crippen LogP contribution in [0.5, 0.6) is 5.75 Å². The molecule has 0 bridgehead atoms. The zero-order chi connectivity index (χ0) is 17.5. The number of benzene rings is 1. The molecule has 3 nitrogen and oxygen atoms in total. The van der Waals surface area contributed by atoms with Crippen molar-refractivity contribution >= 4 is 5.97 Å². The fraction of sp³-hybridized carbons (Fsp3) is 0.444. The molecule has 0 aliphatic heterocycles. The summed E-state index contributed by atoms with van der Waals surface area (Å²) in [7, 11) is 0. The number of esters is 1. The highest BCUT2D eigenvalue weighted by atomic mass is 19.2. The number of nitriles is 1. The maximum absolute atomic E-state index is 13.1. The van der Waals surface area contributed by atoms with Gasteiger partial charge in [0, 0.05) is 6.07 Å². The highest BCUT2D eigenvalue weighted by molar-refractivity contribution is 5.75. The van der Waals surface area contributed by atoms with E-state index in [1.54, 1.807) is 0 Å². The molecule has 1 aromatic rings. The Morgan fingerprint density at radius 3 is 2.58 bits per heavy atom.